The molecule has 0 bridgehead atoms. The molecule has 3 aliphatic heterocycles. The van der Waals surface area contributed by atoms with Crippen LogP contribution in [-0.2, 0) is 21.5 Å². The molecule has 160 valence electrons. The van der Waals surface area contributed by atoms with Crippen LogP contribution >= 0.6 is 0 Å². The lowest BCUT2D eigenvalue weighted by Gasteiger charge is -2.38. The number of aromatic nitrogens is 2. The normalized spacial score (nSPS) is 33.9. The molecule has 0 aromatic carbocycles. The summed E-state index contributed by atoms with van der Waals surface area (Å²) in [7, 11) is 0. The zero-order valence-electron chi connectivity index (χ0n) is 18.1. The number of morpholine rings is 1. The highest BCUT2D eigenvalue weighted by Crippen LogP contribution is 2.40. The van der Waals surface area contributed by atoms with Crippen LogP contribution in [0.3, 0.4) is 0 Å². The number of anilines is 1. The predicted molar refractivity (Wildman–Crippen MR) is 113 cm³/mol. The van der Waals surface area contributed by atoms with Crippen molar-refractivity contribution in [3.05, 3.63) is 17.5 Å². The first-order valence-electron chi connectivity index (χ1n) is 11.7. The van der Waals surface area contributed by atoms with Crippen molar-refractivity contribution in [2.45, 2.75) is 76.6 Å². The highest BCUT2D eigenvalue weighted by Gasteiger charge is 2.45. The molecular formula is C23H36N4O2. The summed E-state index contributed by atoms with van der Waals surface area (Å²) < 4.78 is 12.0. The van der Waals surface area contributed by atoms with E-state index < -0.39 is 0 Å². The first-order valence-corrected chi connectivity index (χ1v) is 11.7. The van der Waals surface area contributed by atoms with E-state index in [4.69, 9.17) is 19.4 Å². The van der Waals surface area contributed by atoms with Gasteiger partial charge in [-0.1, -0.05) is 19.3 Å². The van der Waals surface area contributed by atoms with Gasteiger partial charge < -0.3 is 19.3 Å². The van der Waals surface area contributed by atoms with Crippen LogP contribution < -0.4 is 4.90 Å². The molecule has 0 radical (unpaired) electrons. The van der Waals surface area contributed by atoms with Crippen LogP contribution in [0.2, 0.25) is 0 Å². The molecule has 4 heterocycles. The third-order valence-electron chi connectivity index (χ3n) is 7.37. The molecule has 1 aromatic rings. The summed E-state index contributed by atoms with van der Waals surface area (Å²) in [5, 5.41) is 0. The first kappa shape index (κ1) is 19.7. The largest absolute Gasteiger partial charge is 0.376 e. The summed E-state index contributed by atoms with van der Waals surface area (Å²) in [6.45, 7) is 11.0. The lowest BCUT2D eigenvalue weighted by molar-refractivity contribution is -0.00584. The molecule has 0 amide bonds. The van der Waals surface area contributed by atoms with E-state index in [1.807, 2.05) is 6.20 Å². The molecular weight excluding hydrogens is 364 g/mol. The molecule has 1 aliphatic carbocycles. The maximum atomic E-state index is 6.05. The SMILES string of the molecule is CC1CN(c2ncc3c(n2)C2(CCN(CC4CCCCC4)C2)COC3)CC(C)O1. The second-order valence-electron chi connectivity index (χ2n) is 9.97. The van der Waals surface area contributed by atoms with Gasteiger partial charge in [-0.05, 0) is 45.6 Å². The fourth-order valence-electron chi connectivity index (χ4n) is 6.04. The topological polar surface area (TPSA) is 50.7 Å². The maximum Gasteiger partial charge on any atom is 0.225 e. The zero-order valence-corrected chi connectivity index (χ0v) is 18.1. The van der Waals surface area contributed by atoms with Gasteiger partial charge in [0.15, 0.2) is 0 Å². The highest BCUT2D eigenvalue weighted by atomic mass is 16.5. The van der Waals surface area contributed by atoms with Crippen LogP contribution in [0.1, 0.15) is 63.6 Å². The Morgan fingerprint density at radius 2 is 1.93 bits per heavy atom. The van der Waals surface area contributed by atoms with E-state index in [-0.39, 0.29) is 17.6 Å². The van der Waals surface area contributed by atoms with Crippen molar-refractivity contribution in [1.29, 1.82) is 0 Å². The summed E-state index contributed by atoms with van der Waals surface area (Å²) in [4.78, 5) is 14.9. The number of ether oxygens (including phenoxy) is 2. The monoisotopic (exact) mass is 400 g/mol. The van der Waals surface area contributed by atoms with E-state index in [1.54, 1.807) is 0 Å². The Labute approximate surface area is 175 Å². The van der Waals surface area contributed by atoms with Gasteiger partial charge in [0.25, 0.3) is 0 Å². The Bertz CT molecular complexity index is 713. The zero-order chi connectivity index (χ0) is 19.8. The number of likely N-dealkylation sites (tertiary alicyclic amines) is 1. The average Bonchev–Trinajstić information content (AvgIpc) is 3.11. The van der Waals surface area contributed by atoms with Gasteiger partial charge in [0.1, 0.15) is 0 Å². The highest BCUT2D eigenvalue weighted by molar-refractivity contribution is 5.39. The molecule has 0 N–H and O–H groups in total. The summed E-state index contributed by atoms with van der Waals surface area (Å²) >= 11 is 0. The molecule has 6 nitrogen and oxygen atoms in total. The van der Waals surface area contributed by atoms with Crippen molar-refractivity contribution in [3.8, 4) is 0 Å². The number of hydrogen-bond donors (Lipinski definition) is 0. The van der Waals surface area contributed by atoms with Crippen molar-refractivity contribution in [2.75, 3.05) is 44.2 Å². The van der Waals surface area contributed by atoms with E-state index in [0.29, 0.717) is 6.61 Å². The van der Waals surface area contributed by atoms with E-state index in [2.05, 4.69) is 23.6 Å². The van der Waals surface area contributed by atoms with Gasteiger partial charge >= 0.3 is 0 Å². The second kappa shape index (κ2) is 8.12. The number of nitrogens with zero attached hydrogens (tertiary/aromatic N) is 4. The molecule has 1 saturated carbocycles. The Morgan fingerprint density at radius 1 is 1.14 bits per heavy atom. The summed E-state index contributed by atoms with van der Waals surface area (Å²) in [6, 6.07) is 0. The molecule has 29 heavy (non-hydrogen) atoms. The predicted octanol–water partition coefficient (Wildman–Crippen LogP) is 3.14. The molecule has 3 unspecified atom stereocenters. The average molecular weight is 401 g/mol. The Kier molecular flexibility index (Phi) is 5.52. The van der Waals surface area contributed by atoms with E-state index >= 15 is 0 Å². The fraction of sp³-hybridized carbons (Fsp3) is 0.826. The Balaban J connectivity index is 1.35. The number of hydrogen-bond acceptors (Lipinski definition) is 6. The summed E-state index contributed by atoms with van der Waals surface area (Å²) in [5.41, 5.74) is 2.49. The minimum absolute atomic E-state index is 0.0451. The standard InChI is InChI=1S/C23H36N4O2/c1-17-11-27(12-18(2)29-17)22-24-10-20-14-28-16-23(21(20)25-22)8-9-26(15-23)13-19-6-4-3-5-7-19/h10,17-19H,3-9,11-16H2,1-2H3. The van der Waals surface area contributed by atoms with Gasteiger partial charge in [-0.2, -0.15) is 0 Å². The second-order valence-corrected chi connectivity index (χ2v) is 9.97. The number of rotatable bonds is 3. The third kappa shape index (κ3) is 4.04. The Hall–Kier alpha value is -1.24. The molecule has 1 spiro atoms. The van der Waals surface area contributed by atoms with Crippen LogP contribution in [0.25, 0.3) is 0 Å². The van der Waals surface area contributed by atoms with Gasteiger partial charge in [0.2, 0.25) is 5.95 Å². The van der Waals surface area contributed by atoms with Crippen LogP contribution in [-0.4, -0.2) is 66.4 Å². The van der Waals surface area contributed by atoms with Crippen LogP contribution in [0.4, 0.5) is 5.95 Å². The number of fused-ring (bicyclic) bond motifs is 2. The van der Waals surface area contributed by atoms with Crippen molar-refractivity contribution >= 4 is 5.95 Å². The lowest BCUT2D eigenvalue weighted by atomic mass is 9.80. The molecule has 5 rings (SSSR count). The summed E-state index contributed by atoms with van der Waals surface area (Å²) in [6.07, 6.45) is 10.7. The van der Waals surface area contributed by atoms with Gasteiger partial charge in [-0.15, -0.1) is 0 Å². The molecule has 3 atom stereocenters. The van der Waals surface area contributed by atoms with Gasteiger partial charge in [0, 0.05) is 37.9 Å². The lowest BCUT2D eigenvalue weighted by Crippen LogP contribution is -2.47. The third-order valence-corrected chi connectivity index (χ3v) is 7.37. The molecule has 1 aromatic heterocycles. The fourth-order valence-corrected chi connectivity index (χ4v) is 6.04. The molecule has 6 heteroatoms. The van der Waals surface area contributed by atoms with Crippen LogP contribution in [0.5, 0.6) is 0 Å². The first-order chi connectivity index (χ1) is 14.1. The van der Waals surface area contributed by atoms with E-state index in [1.165, 1.54) is 56.5 Å². The van der Waals surface area contributed by atoms with Gasteiger partial charge in [-0.3, -0.25) is 0 Å². The van der Waals surface area contributed by atoms with E-state index in [0.717, 1.165) is 44.5 Å². The van der Waals surface area contributed by atoms with Crippen molar-refractivity contribution < 1.29 is 9.47 Å². The summed E-state index contributed by atoms with van der Waals surface area (Å²) in [5.74, 6) is 1.76. The smallest absolute Gasteiger partial charge is 0.225 e. The van der Waals surface area contributed by atoms with E-state index in [9.17, 15) is 0 Å². The van der Waals surface area contributed by atoms with Crippen molar-refractivity contribution in [3.63, 3.8) is 0 Å². The Morgan fingerprint density at radius 3 is 2.72 bits per heavy atom. The van der Waals surface area contributed by atoms with Crippen LogP contribution in [0, 0.1) is 5.92 Å². The minimum Gasteiger partial charge on any atom is -0.376 e. The van der Waals surface area contributed by atoms with Gasteiger partial charge in [0.05, 0.1) is 36.5 Å². The van der Waals surface area contributed by atoms with Gasteiger partial charge in [-0.25, -0.2) is 9.97 Å². The minimum atomic E-state index is 0.0451. The molecule has 2 saturated heterocycles. The quantitative estimate of drug-likeness (QED) is 0.777. The molecule has 4 aliphatic rings. The maximum absolute atomic E-state index is 6.05. The van der Waals surface area contributed by atoms with Crippen molar-refractivity contribution in [2.24, 2.45) is 5.92 Å². The van der Waals surface area contributed by atoms with Crippen LogP contribution in [0.15, 0.2) is 6.20 Å². The van der Waals surface area contributed by atoms with Crippen molar-refractivity contribution in [1.82, 2.24) is 14.9 Å². The molecule has 3 fully saturated rings.